The first kappa shape index (κ1) is 17.9. The summed E-state index contributed by atoms with van der Waals surface area (Å²) in [5, 5.41) is 3.27. The molecule has 0 radical (unpaired) electrons. The number of halogens is 2. The summed E-state index contributed by atoms with van der Waals surface area (Å²) in [7, 11) is 3.08. The molecule has 120 valence electrons. The van der Waals surface area contributed by atoms with Crippen LogP contribution in [0.3, 0.4) is 0 Å². The maximum Gasteiger partial charge on any atom is 0.133 e. The molecule has 0 aromatic heterocycles. The van der Waals surface area contributed by atoms with Gasteiger partial charge in [0.15, 0.2) is 0 Å². The molecule has 1 N–H and O–H groups in total. The van der Waals surface area contributed by atoms with Crippen LogP contribution in [0.25, 0.3) is 0 Å². The fourth-order valence-electron chi connectivity index (χ4n) is 2.14. The highest BCUT2D eigenvalue weighted by atomic mass is 19.1. The lowest BCUT2D eigenvalue weighted by atomic mass is 10.0. The van der Waals surface area contributed by atoms with Gasteiger partial charge < -0.3 is 14.8 Å². The van der Waals surface area contributed by atoms with Crippen LogP contribution in [0.4, 0.5) is 8.78 Å². The Morgan fingerprint density at radius 3 is 2.24 bits per heavy atom. The van der Waals surface area contributed by atoms with Gasteiger partial charge >= 0.3 is 0 Å². The first-order chi connectivity index (χ1) is 10.2. The number of hydrogen-bond acceptors (Lipinski definition) is 3. The summed E-state index contributed by atoms with van der Waals surface area (Å²) in [6.07, 6.45) is 4.31. The zero-order valence-electron chi connectivity index (χ0n) is 12.9. The van der Waals surface area contributed by atoms with Crippen LogP contribution in [-0.4, -0.2) is 33.9 Å². The highest BCUT2D eigenvalue weighted by Gasteiger charge is 2.11. The zero-order valence-corrected chi connectivity index (χ0v) is 12.9. The summed E-state index contributed by atoms with van der Waals surface area (Å²) < 4.78 is 37.2. The minimum atomic E-state index is -0.520. The standard InChI is InChI=1S/C16H25F2NO2/c1-20-10-9-19-8-6-4-3-5-7-14-15(17)11-13(21-2)12-16(14)18/h11-12,19H,3-10H2,1-2H3. The summed E-state index contributed by atoms with van der Waals surface area (Å²) in [6, 6.07) is 2.47. The van der Waals surface area contributed by atoms with Crippen molar-refractivity contribution in [1.29, 1.82) is 0 Å². The van der Waals surface area contributed by atoms with Gasteiger partial charge in [-0.1, -0.05) is 12.8 Å². The molecule has 0 atom stereocenters. The first-order valence-corrected chi connectivity index (χ1v) is 7.40. The molecule has 21 heavy (non-hydrogen) atoms. The lowest BCUT2D eigenvalue weighted by Gasteiger charge is -2.08. The highest BCUT2D eigenvalue weighted by molar-refractivity contribution is 5.30. The lowest BCUT2D eigenvalue weighted by molar-refractivity contribution is 0.199. The molecule has 0 unspecified atom stereocenters. The lowest BCUT2D eigenvalue weighted by Crippen LogP contribution is -2.20. The van der Waals surface area contributed by atoms with Crippen molar-refractivity contribution in [2.45, 2.75) is 32.1 Å². The first-order valence-electron chi connectivity index (χ1n) is 7.40. The minimum Gasteiger partial charge on any atom is -0.497 e. The molecule has 0 heterocycles. The van der Waals surface area contributed by atoms with Gasteiger partial charge in [-0.15, -0.1) is 0 Å². The van der Waals surface area contributed by atoms with Gasteiger partial charge in [0.2, 0.25) is 0 Å². The molecule has 3 nitrogen and oxygen atoms in total. The molecule has 0 aliphatic rings. The number of methoxy groups -OCH3 is 2. The molecular formula is C16H25F2NO2. The normalized spacial score (nSPS) is 10.9. The Balaban J connectivity index is 2.18. The van der Waals surface area contributed by atoms with Crippen LogP contribution in [0.2, 0.25) is 0 Å². The smallest absolute Gasteiger partial charge is 0.133 e. The van der Waals surface area contributed by atoms with E-state index in [2.05, 4.69) is 5.32 Å². The second-order valence-corrected chi connectivity index (χ2v) is 4.98. The van der Waals surface area contributed by atoms with Crippen molar-refractivity contribution in [2.75, 3.05) is 33.9 Å². The van der Waals surface area contributed by atoms with Crippen molar-refractivity contribution in [1.82, 2.24) is 5.32 Å². The van der Waals surface area contributed by atoms with E-state index in [0.29, 0.717) is 6.42 Å². The quantitative estimate of drug-likeness (QED) is 0.636. The molecule has 0 saturated carbocycles. The fraction of sp³-hybridized carbons (Fsp3) is 0.625. The van der Waals surface area contributed by atoms with Crippen molar-refractivity contribution in [3.05, 3.63) is 29.3 Å². The third-order valence-corrected chi connectivity index (χ3v) is 3.36. The van der Waals surface area contributed by atoms with E-state index in [0.717, 1.165) is 45.4 Å². The van der Waals surface area contributed by atoms with E-state index in [9.17, 15) is 8.78 Å². The summed E-state index contributed by atoms with van der Waals surface area (Å²) in [5.41, 5.74) is 0.161. The van der Waals surface area contributed by atoms with Crippen molar-refractivity contribution in [2.24, 2.45) is 0 Å². The van der Waals surface area contributed by atoms with Gasteiger partial charge in [0.05, 0.1) is 13.7 Å². The molecule has 0 bridgehead atoms. The van der Waals surface area contributed by atoms with Crippen LogP contribution in [0.15, 0.2) is 12.1 Å². The fourth-order valence-corrected chi connectivity index (χ4v) is 2.14. The topological polar surface area (TPSA) is 30.5 Å². The molecule has 0 amide bonds. The maximum absolute atomic E-state index is 13.7. The summed E-state index contributed by atoms with van der Waals surface area (Å²) in [4.78, 5) is 0. The molecule has 1 rings (SSSR count). The monoisotopic (exact) mass is 301 g/mol. The molecule has 0 aliphatic carbocycles. The van der Waals surface area contributed by atoms with E-state index in [1.807, 2.05) is 0 Å². The van der Waals surface area contributed by atoms with Gasteiger partial charge in [0, 0.05) is 31.4 Å². The molecule has 1 aromatic rings. The number of ether oxygens (including phenoxy) is 2. The van der Waals surface area contributed by atoms with Crippen LogP contribution in [0.1, 0.15) is 31.2 Å². The van der Waals surface area contributed by atoms with Crippen molar-refractivity contribution >= 4 is 0 Å². The van der Waals surface area contributed by atoms with E-state index in [1.165, 1.54) is 19.2 Å². The van der Waals surface area contributed by atoms with Crippen molar-refractivity contribution in [3.63, 3.8) is 0 Å². The second kappa shape index (κ2) is 10.5. The molecule has 0 fully saturated rings. The van der Waals surface area contributed by atoms with E-state index in [-0.39, 0.29) is 11.3 Å². The van der Waals surface area contributed by atoms with Gasteiger partial charge in [-0.05, 0) is 25.8 Å². The third kappa shape index (κ3) is 6.87. The Morgan fingerprint density at radius 1 is 0.952 bits per heavy atom. The molecular weight excluding hydrogens is 276 g/mol. The van der Waals surface area contributed by atoms with Crippen LogP contribution in [-0.2, 0) is 11.2 Å². The van der Waals surface area contributed by atoms with Gasteiger partial charge in [0.25, 0.3) is 0 Å². The minimum absolute atomic E-state index is 0.161. The van der Waals surface area contributed by atoms with Gasteiger partial charge in [-0.3, -0.25) is 0 Å². The molecule has 0 spiro atoms. The number of rotatable bonds is 11. The molecule has 0 saturated heterocycles. The van der Waals surface area contributed by atoms with E-state index in [1.54, 1.807) is 7.11 Å². The van der Waals surface area contributed by atoms with Crippen LogP contribution in [0, 0.1) is 11.6 Å². The van der Waals surface area contributed by atoms with Crippen LogP contribution < -0.4 is 10.1 Å². The highest BCUT2D eigenvalue weighted by Crippen LogP contribution is 2.22. The zero-order chi connectivity index (χ0) is 15.5. The summed E-state index contributed by atoms with van der Waals surface area (Å²) >= 11 is 0. The number of benzene rings is 1. The summed E-state index contributed by atoms with van der Waals surface area (Å²) in [6.45, 7) is 2.53. The van der Waals surface area contributed by atoms with Gasteiger partial charge in [0.1, 0.15) is 17.4 Å². The van der Waals surface area contributed by atoms with Crippen molar-refractivity contribution < 1.29 is 18.3 Å². The average molecular weight is 301 g/mol. The average Bonchev–Trinajstić information content (AvgIpc) is 2.47. The van der Waals surface area contributed by atoms with Crippen LogP contribution in [0.5, 0.6) is 5.75 Å². The third-order valence-electron chi connectivity index (χ3n) is 3.36. The second-order valence-electron chi connectivity index (χ2n) is 4.98. The SMILES string of the molecule is COCCNCCCCCCc1c(F)cc(OC)cc1F. The molecule has 0 aliphatic heterocycles. The predicted octanol–water partition coefficient (Wildman–Crippen LogP) is 3.31. The van der Waals surface area contributed by atoms with Crippen molar-refractivity contribution in [3.8, 4) is 5.75 Å². The number of hydrogen-bond donors (Lipinski definition) is 1. The maximum atomic E-state index is 13.7. The predicted molar refractivity (Wildman–Crippen MR) is 79.8 cm³/mol. The van der Waals surface area contributed by atoms with E-state index >= 15 is 0 Å². The number of unbranched alkanes of at least 4 members (excludes halogenated alkanes) is 3. The Hall–Kier alpha value is -1.20. The van der Waals surface area contributed by atoms with Gasteiger partial charge in [-0.2, -0.15) is 0 Å². The summed E-state index contributed by atoms with van der Waals surface area (Å²) in [5.74, 6) is -0.822. The molecule has 1 aromatic carbocycles. The van der Waals surface area contributed by atoms with E-state index < -0.39 is 11.6 Å². The molecule has 5 heteroatoms. The van der Waals surface area contributed by atoms with E-state index in [4.69, 9.17) is 9.47 Å². The Morgan fingerprint density at radius 2 is 1.62 bits per heavy atom. The van der Waals surface area contributed by atoms with Gasteiger partial charge in [-0.25, -0.2) is 8.78 Å². The number of nitrogens with one attached hydrogen (secondary N) is 1. The Kier molecular flexibility index (Phi) is 8.94. The van der Waals surface area contributed by atoms with Crippen LogP contribution >= 0.6 is 0 Å². The Labute approximate surface area is 125 Å². The largest absolute Gasteiger partial charge is 0.497 e. The Bertz CT molecular complexity index is 390.